The number of phenolic OH excluding ortho intramolecular Hbond substituents is 1. The molecule has 1 saturated carbocycles. The molecule has 0 bridgehead atoms. The summed E-state index contributed by atoms with van der Waals surface area (Å²) < 4.78 is 33.5. The Kier molecular flexibility index (Phi) is 3.52. The van der Waals surface area contributed by atoms with E-state index in [0.29, 0.717) is 12.2 Å². The van der Waals surface area contributed by atoms with Crippen LogP contribution in [0, 0.1) is 0 Å². The van der Waals surface area contributed by atoms with Gasteiger partial charge in [0.2, 0.25) is 10.0 Å². The molecular formula is C17H17NO5S. The fourth-order valence-corrected chi connectivity index (χ4v) is 4.91. The Morgan fingerprint density at radius 3 is 2.58 bits per heavy atom. The lowest BCUT2D eigenvalue weighted by Crippen LogP contribution is -2.43. The van der Waals surface area contributed by atoms with E-state index in [1.54, 1.807) is 30.3 Å². The van der Waals surface area contributed by atoms with Gasteiger partial charge in [-0.1, -0.05) is 30.3 Å². The third-order valence-electron chi connectivity index (χ3n) is 4.67. The zero-order valence-electron chi connectivity index (χ0n) is 12.7. The van der Waals surface area contributed by atoms with Crippen molar-refractivity contribution < 1.29 is 23.4 Å². The molecule has 24 heavy (non-hydrogen) atoms. The Bertz CT molecular complexity index is 868. The minimum Gasteiger partial charge on any atom is -0.504 e. The van der Waals surface area contributed by atoms with Crippen LogP contribution in [0.15, 0.2) is 53.4 Å². The Balaban J connectivity index is 1.68. The van der Waals surface area contributed by atoms with Gasteiger partial charge in [-0.2, -0.15) is 0 Å². The van der Waals surface area contributed by atoms with Crippen molar-refractivity contribution in [2.45, 2.75) is 35.5 Å². The molecule has 3 N–H and O–H groups in total. The summed E-state index contributed by atoms with van der Waals surface area (Å²) in [4.78, 5) is 0.149. The monoisotopic (exact) mass is 347 g/mol. The lowest BCUT2D eigenvalue weighted by molar-refractivity contribution is 0.139. The number of aliphatic hydroxyl groups is 1. The topological polar surface area (TPSA) is 95.9 Å². The quantitative estimate of drug-likeness (QED) is 0.779. The van der Waals surface area contributed by atoms with Crippen LogP contribution in [-0.2, 0) is 10.0 Å². The van der Waals surface area contributed by atoms with Crippen LogP contribution in [0.1, 0.15) is 17.9 Å². The highest BCUT2D eigenvalue weighted by atomic mass is 32.2. The van der Waals surface area contributed by atoms with Crippen molar-refractivity contribution in [3.05, 3.63) is 54.1 Å². The molecule has 1 aliphatic heterocycles. The van der Waals surface area contributed by atoms with Crippen LogP contribution in [-0.4, -0.2) is 36.9 Å². The third kappa shape index (κ3) is 2.36. The number of hydrogen-bond acceptors (Lipinski definition) is 5. The van der Waals surface area contributed by atoms with E-state index in [4.69, 9.17) is 4.74 Å². The Labute approximate surface area is 139 Å². The number of aromatic hydroxyl groups is 1. The molecule has 1 aliphatic carbocycles. The summed E-state index contributed by atoms with van der Waals surface area (Å²) >= 11 is 0. The van der Waals surface area contributed by atoms with Crippen molar-refractivity contribution >= 4 is 10.0 Å². The van der Waals surface area contributed by atoms with Gasteiger partial charge < -0.3 is 14.9 Å². The highest BCUT2D eigenvalue weighted by molar-refractivity contribution is 7.89. The van der Waals surface area contributed by atoms with Crippen LogP contribution in [0.3, 0.4) is 0 Å². The van der Waals surface area contributed by atoms with E-state index >= 15 is 0 Å². The van der Waals surface area contributed by atoms with E-state index in [0.717, 1.165) is 5.56 Å². The van der Waals surface area contributed by atoms with Crippen molar-refractivity contribution in [3.8, 4) is 11.5 Å². The van der Waals surface area contributed by atoms with Crippen molar-refractivity contribution in [2.24, 2.45) is 0 Å². The highest BCUT2D eigenvalue weighted by Crippen LogP contribution is 2.50. The molecule has 4 rings (SSSR count). The highest BCUT2D eigenvalue weighted by Gasteiger charge is 2.51. The largest absolute Gasteiger partial charge is 0.504 e. The summed E-state index contributed by atoms with van der Waals surface area (Å²) in [6.07, 6.45) is -0.901. The predicted octanol–water partition coefficient (Wildman–Crippen LogP) is 1.35. The van der Waals surface area contributed by atoms with Crippen LogP contribution < -0.4 is 9.46 Å². The molecule has 126 valence electrons. The van der Waals surface area contributed by atoms with E-state index in [2.05, 4.69) is 4.72 Å². The third-order valence-corrected chi connectivity index (χ3v) is 6.15. The average molecular weight is 347 g/mol. The molecule has 0 spiro atoms. The molecule has 1 fully saturated rings. The second kappa shape index (κ2) is 5.47. The second-order valence-electron chi connectivity index (χ2n) is 6.14. The number of ether oxygens (including phenoxy) is 1. The zero-order chi connectivity index (χ0) is 16.9. The predicted molar refractivity (Wildman–Crippen MR) is 86.4 cm³/mol. The molecule has 4 atom stereocenters. The van der Waals surface area contributed by atoms with Gasteiger partial charge in [-0.15, -0.1) is 0 Å². The Morgan fingerprint density at radius 1 is 1.08 bits per heavy atom. The SMILES string of the molecule is O=S(=O)(N[C@H]1[C@@H]2c3cccc(O)c3O[C@@H]2C[C@@H]1O)c1ccccc1. The van der Waals surface area contributed by atoms with E-state index in [-0.39, 0.29) is 22.7 Å². The first-order valence-electron chi connectivity index (χ1n) is 7.71. The van der Waals surface area contributed by atoms with Crippen molar-refractivity contribution in [3.63, 3.8) is 0 Å². The molecular weight excluding hydrogens is 330 g/mol. The maximum atomic E-state index is 12.6. The van der Waals surface area contributed by atoms with E-state index in [9.17, 15) is 18.6 Å². The summed E-state index contributed by atoms with van der Waals surface area (Å²) in [6.45, 7) is 0. The van der Waals surface area contributed by atoms with E-state index in [1.807, 2.05) is 0 Å². The fourth-order valence-electron chi connectivity index (χ4n) is 3.60. The van der Waals surface area contributed by atoms with Gasteiger partial charge in [-0.25, -0.2) is 13.1 Å². The van der Waals surface area contributed by atoms with Gasteiger partial charge in [0, 0.05) is 17.9 Å². The fraction of sp³-hybridized carbons (Fsp3) is 0.294. The van der Waals surface area contributed by atoms with E-state index in [1.165, 1.54) is 18.2 Å². The standard InChI is InChI=1S/C17H17NO5S/c19-12-8-4-7-11-15-14(23-17(11)12)9-13(20)16(15)18-24(21,22)10-5-2-1-3-6-10/h1-8,13-16,18-20H,9H2/t13-,14+,15+,16+/m0/s1. The van der Waals surface area contributed by atoms with E-state index < -0.39 is 22.2 Å². The van der Waals surface area contributed by atoms with Crippen LogP contribution in [0.4, 0.5) is 0 Å². The molecule has 2 aromatic rings. The number of nitrogens with one attached hydrogen (secondary N) is 1. The molecule has 0 amide bonds. The number of aliphatic hydroxyl groups excluding tert-OH is 1. The van der Waals surface area contributed by atoms with Crippen molar-refractivity contribution in [2.75, 3.05) is 0 Å². The number of rotatable bonds is 3. The van der Waals surface area contributed by atoms with Gasteiger partial charge in [0.05, 0.1) is 17.0 Å². The molecule has 0 aromatic heterocycles. The second-order valence-corrected chi connectivity index (χ2v) is 7.85. The van der Waals surface area contributed by atoms with Crippen LogP contribution in [0.5, 0.6) is 11.5 Å². The summed E-state index contributed by atoms with van der Waals surface area (Å²) in [5.74, 6) is 0.0740. The Hall–Kier alpha value is -2.09. The zero-order valence-corrected chi connectivity index (χ0v) is 13.5. The maximum Gasteiger partial charge on any atom is 0.240 e. The molecule has 0 unspecified atom stereocenters. The molecule has 6 nitrogen and oxygen atoms in total. The molecule has 0 saturated heterocycles. The smallest absolute Gasteiger partial charge is 0.240 e. The van der Waals surface area contributed by atoms with Gasteiger partial charge in [-0.05, 0) is 18.2 Å². The van der Waals surface area contributed by atoms with Gasteiger partial charge in [-0.3, -0.25) is 0 Å². The normalized spacial score (nSPS) is 28.2. The number of sulfonamides is 1. The number of hydrogen-bond donors (Lipinski definition) is 3. The van der Waals surface area contributed by atoms with Gasteiger partial charge in [0.15, 0.2) is 11.5 Å². The molecule has 0 radical (unpaired) electrons. The number of para-hydroxylation sites is 1. The lowest BCUT2D eigenvalue weighted by Gasteiger charge is -2.22. The number of benzene rings is 2. The lowest BCUT2D eigenvalue weighted by atomic mass is 9.94. The molecule has 7 heteroatoms. The van der Waals surface area contributed by atoms with Crippen molar-refractivity contribution in [1.82, 2.24) is 4.72 Å². The van der Waals surface area contributed by atoms with Crippen LogP contribution >= 0.6 is 0 Å². The first-order chi connectivity index (χ1) is 11.5. The molecule has 2 aliphatic rings. The van der Waals surface area contributed by atoms with Crippen LogP contribution in [0.2, 0.25) is 0 Å². The molecule has 1 heterocycles. The van der Waals surface area contributed by atoms with Crippen molar-refractivity contribution in [1.29, 1.82) is 0 Å². The average Bonchev–Trinajstić information content (AvgIpc) is 3.06. The van der Waals surface area contributed by atoms with Gasteiger partial charge >= 0.3 is 0 Å². The number of fused-ring (bicyclic) bond motifs is 3. The summed E-state index contributed by atoms with van der Waals surface area (Å²) in [5, 5.41) is 20.3. The minimum absolute atomic E-state index is 0.0288. The minimum atomic E-state index is -3.76. The first kappa shape index (κ1) is 15.4. The molecule has 2 aromatic carbocycles. The van der Waals surface area contributed by atoms with Gasteiger partial charge in [0.1, 0.15) is 6.10 Å². The summed E-state index contributed by atoms with van der Waals surface area (Å²) in [7, 11) is -3.76. The van der Waals surface area contributed by atoms with Crippen LogP contribution in [0.25, 0.3) is 0 Å². The Morgan fingerprint density at radius 2 is 1.83 bits per heavy atom. The first-order valence-corrected chi connectivity index (χ1v) is 9.19. The number of phenols is 1. The maximum absolute atomic E-state index is 12.6. The van der Waals surface area contributed by atoms with Gasteiger partial charge in [0.25, 0.3) is 0 Å². The summed E-state index contributed by atoms with van der Waals surface area (Å²) in [6, 6.07) is 12.3. The summed E-state index contributed by atoms with van der Waals surface area (Å²) in [5.41, 5.74) is 0.720.